The summed E-state index contributed by atoms with van der Waals surface area (Å²) in [5, 5.41) is 17.1. The van der Waals surface area contributed by atoms with Crippen LogP contribution in [0.15, 0.2) is 29.6 Å². The molecule has 2 aromatic rings. The van der Waals surface area contributed by atoms with Crippen LogP contribution < -0.4 is 5.32 Å². The van der Waals surface area contributed by atoms with Gasteiger partial charge in [0.15, 0.2) is 0 Å². The third-order valence-corrected chi connectivity index (χ3v) is 3.89. The second kappa shape index (κ2) is 5.07. The van der Waals surface area contributed by atoms with Crippen LogP contribution in [0.3, 0.4) is 0 Å². The average molecular weight is 275 g/mol. The van der Waals surface area contributed by atoms with Gasteiger partial charge in [0.1, 0.15) is 5.01 Å². The molecule has 1 heterocycles. The summed E-state index contributed by atoms with van der Waals surface area (Å²) in [6.45, 7) is 0.808. The summed E-state index contributed by atoms with van der Waals surface area (Å²) in [5.41, 5.74) is 1.90. The summed E-state index contributed by atoms with van der Waals surface area (Å²) in [6.07, 6.45) is 2.53. The summed E-state index contributed by atoms with van der Waals surface area (Å²) in [5.74, 6) is 0. The molecular weight excluding hydrogens is 262 g/mol. The van der Waals surface area contributed by atoms with Gasteiger partial charge in [0.25, 0.3) is 5.69 Å². The Morgan fingerprint density at radius 1 is 1.37 bits per heavy atom. The molecule has 1 saturated carbocycles. The Morgan fingerprint density at radius 2 is 2.11 bits per heavy atom. The maximum atomic E-state index is 10.6. The number of hydrogen-bond acceptors (Lipinski definition) is 5. The number of nitrogens with one attached hydrogen (secondary N) is 1. The van der Waals surface area contributed by atoms with E-state index in [-0.39, 0.29) is 5.69 Å². The largest absolute Gasteiger partial charge is 0.308 e. The fraction of sp³-hybridized carbons (Fsp3) is 0.308. The van der Waals surface area contributed by atoms with E-state index in [1.165, 1.54) is 25.0 Å². The summed E-state index contributed by atoms with van der Waals surface area (Å²) in [6, 6.07) is 7.18. The summed E-state index contributed by atoms with van der Waals surface area (Å²) < 4.78 is 0. The first-order valence-electron chi connectivity index (χ1n) is 6.15. The molecule has 0 spiro atoms. The summed E-state index contributed by atoms with van der Waals surface area (Å²) >= 11 is 1.62. The molecule has 3 rings (SSSR count). The van der Waals surface area contributed by atoms with Crippen LogP contribution in [0.1, 0.15) is 17.8 Å². The number of rotatable bonds is 5. The standard InChI is InChI=1S/C13H13N3O2S/c17-16(18)11-5-1-9(2-6-11)12-8-19-13(15-12)7-14-10-3-4-10/h1-2,5-6,8,10,14H,3-4,7H2. The van der Waals surface area contributed by atoms with Crippen molar-refractivity contribution < 1.29 is 4.92 Å². The molecule has 1 N–H and O–H groups in total. The Balaban J connectivity index is 1.71. The van der Waals surface area contributed by atoms with E-state index in [0.29, 0.717) is 6.04 Å². The van der Waals surface area contributed by atoms with Crippen molar-refractivity contribution in [2.24, 2.45) is 0 Å². The molecular formula is C13H13N3O2S. The Kier molecular flexibility index (Phi) is 3.27. The fourth-order valence-electron chi connectivity index (χ4n) is 1.80. The second-order valence-electron chi connectivity index (χ2n) is 4.59. The molecule has 0 unspecified atom stereocenters. The first-order chi connectivity index (χ1) is 9.22. The number of non-ortho nitro benzene ring substituents is 1. The van der Waals surface area contributed by atoms with Crippen LogP contribution in [0.25, 0.3) is 11.3 Å². The molecule has 1 aromatic carbocycles. The predicted molar refractivity (Wildman–Crippen MR) is 74.1 cm³/mol. The molecule has 0 saturated heterocycles. The molecule has 0 amide bonds. The van der Waals surface area contributed by atoms with E-state index in [0.717, 1.165) is 22.8 Å². The van der Waals surface area contributed by atoms with E-state index in [2.05, 4.69) is 10.3 Å². The fourth-order valence-corrected chi connectivity index (χ4v) is 2.55. The quantitative estimate of drug-likeness (QED) is 0.673. The van der Waals surface area contributed by atoms with Crippen LogP contribution in [-0.4, -0.2) is 15.9 Å². The van der Waals surface area contributed by atoms with Crippen molar-refractivity contribution in [3.63, 3.8) is 0 Å². The van der Waals surface area contributed by atoms with Crippen LogP contribution in [0.2, 0.25) is 0 Å². The molecule has 1 aromatic heterocycles. The minimum absolute atomic E-state index is 0.106. The predicted octanol–water partition coefficient (Wildman–Crippen LogP) is 2.97. The van der Waals surface area contributed by atoms with Crippen LogP contribution >= 0.6 is 11.3 Å². The zero-order valence-electron chi connectivity index (χ0n) is 10.2. The van der Waals surface area contributed by atoms with Gasteiger partial charge >= 0.3 is 0 Å². The van der Waals surface area contributed by atoms with E-state index in [1.54, 1.807) is 23.5 Å². The number of nitro groups is 1. The first kappa shape index (κ1) is 12.3. The Labute approximate surface area is 114 Å². The lowest BCUT2D eigenvalue weighted by molar-refractivity contribution is -0.384. The second-order valence-corrected chi connectivity index (χ2v) is 5.53. The summed E-state index contributed by atoms with van der Waals surface area (Å²) in [4.78, 5) is 14.7. The van der Waals surface area contributed by atoms with Crippen LogP contribution in [0, 0.1) is 10.1 Å². The van der Waals surface area contributed by atoms with E-state index >= 15 is 0 Å². The lowest BCUT2D eigenvalue weighted by Crippen LogP contribution is -2.14. The van der Waals surface area contributed by atoms with Crippen LogP contribution in [0.5, 0.6) is 0 Å². The maximum absolute atomic E-state index is 10.6. The molecule has 1 fully saturated rings. The summed E-state index contributed by atoms with van der Waals surface area (Å²) in [7, 11) is 0. The lowest BCUT2D eigenvalue weighted by Gasteiger charge is -1.98. The minimum Gasteiger partial charge on any atom is -0.308 e. The molecule has 19 heavy (non-hydrogen) atoms. The van der Waals surface area contributed by atoms with Gasteiger partial charge in [-0.15, -0.1) is 11.3 Å². The SMILES string of the molecule is O=[N+]([O-])c1ccc(-c2csc(CNC3CC3)n2)cc1. The molecule has 0 radical (unpaired) electrons. The van der Waals surface area contributed by atoms with Crippen molar-refractivity contribution in [1.29, 1.82) is 0 Å². The van der Waals surface area contributed by atoms with Gasteiger partial charge in [-0.25, -0.2) is 4.98 Å². The lowest BCUT2D eigenvalue weighted by atomic mass is 10.1. The van der Waals surface area contributed by atoms with Gasteiger partial charge in [-0.1, -0.05) is 0 Å². The van der Waals surface area contributed by atoms with E-state index < -0.39 is 4.92 Å². The zero-order chi connectivity index (χ0) is 13.2. The van der Waals surface area contributed by atoms with Crippen molar-refractivity contribution in [2.75, 3.05) is 0 Å². The van der Waals surface area contributed by atoms with Gasteiger partial charge in [0, 0.05) is 35.7 Å². The number of nitro benzene ring substituents is 1. The average Bonchev–Trinajstić information content (AvgIpc) is 3.13. The highest BCUT2D eigenvalue weighted by molar-refractivity contribution is 7.09. The van der Waals surface area contributed by atoms with Gasteiger partial charge in [-0.3, -0.25) is 10.1 Å². The van der Waals surface area contributed by atoms with Gasteiger partial charge in [0.05, 0.1) is 10.6 Å². The number of aromatic nitrogens is 1. The third kappa shape index (κ3) is 2.97. The number of hydrogen-bond donors (Lipinski definition) is 1. The molecule has 5 nitrogen and oxygen atoms in total. The van der Waals surface area contributed by atoms with Gasteiger partial charge in [0.2, 0.25) is 0 Å². The van der Waals surface area contributed by atoms with E-state index in [9.17, 15) is 10.1 Å². The monoisotopic (exact) mass is 275 g/mol. The molecule has 0 bridgehead atoms. The topological polar surface area (TPSA) is 68.1 Å². The first-order valence-corrected chi connectivity index (χ1v) is 7.03. The van der Waals surface area contributed by atoms with E-state index in [4.69, 9.17) is 0 Å². The zero-order valence-corrected chi connectivity index (χ0v) is 11.0. The maximum Gasteiger partial charge on any atom is 0.269 e. The molecule has 1 aliphatic carbocycles. The van der Waals surface area contributed by atoms with E-state index in [1.807, 2.05) is 5.38 Å². The van der Waals surface area contributed by atoms with Crippen LogP contribution in [-0.2, 0) is 6.54 Å². The van der Waals surface area contributed by atoms with Crippen molar-refractivity contribution in [3.05, 3.63) is 44.8 Å². The minimum atomic E-state index is -0.393. The Bertz CT molecular complexity index is 590. The molecule has 0 aliphatic heterocycles. The third-order valence-electron chi connectivity index (χ3n) is 3.04. The number of nitrogens with zero attached hydrogens (tertiary/aromatic N) is 2. The van der Waals surface area contributed by atoms with Crippen molar-refractivity contribution >= 4 is 17.0 Å². The highest BCUT2D eigenvalue weighted by atomic mass is 32.1. The van der Waals surface area contributed by atoms with Crippen LogP contribution in [0.4, 0.5) is 5.69 Å². The van der Waals surface area contributed by atoms with Crippen molar-refractivity contribution in [1.82, 2.24) is 10.3 Å². The van der Waals surface area contributed by atoms with Crippen molar-refractivity contribution in [3.8, 4) is 11.3 Å². The Morgan fingerprint density at radius 3 is 2.74 bits per heavy atom. The van der Waals surface area contributed by atoms with Gasteiger partial charge in [-0.2, -0.15) is 0 Å². The smallest absolute Gasteiger partial charge is 0.269 e. The molecule has 1 aliphatic rings. The number of benzene rings is 1. The highest BCUT2D eigenvalue weighted by Gasteiger charge is 2.20. The van der Waals surface area contributed by atoms with Gasteiger partial charge < -0.3 is 5.32 Å². The Hall–Kier alpha value is -1.79. The molecule has 6 heteroatoms. The normalized spacial score (nSPS) is 14.5. The van der Waals surface area contributed by atoms with Gasteiger partial charge in [-0.05, 0) is 25.0 Å². The molecule has 0 atom stereocenters. The van der Waals surface area contributed by atoms with Crippen molar-refractivity contribution in [2.45, 2.75) is 25.4 Å². The highest BCUT2D eigenvalue weighted by Crippen LogP contribution is 2.25. The number of thiazole rings is 1. The molecule has 98 valence electrons.